The van der Waals surface area contributed by atoms with Crippen molar-refractivity contribution in [3.05, 3.63) is 0 Å². The molecule has 0 bridgehead atoms. The predicted molar refractivity (Wildman–Crippen MR) is 24.6 cm³/mol. The lowest BCUT2D eigenvalue weighted by molar-refractivity contribution is 0.209. The highest BCUT2D eigenvalue weighted by Crippen LogP contribution is 2.23. The van der Waals surface area contributed by atoms with Crippen LogP contribution in [0.3, 0.4) is 0 Å². The second kappa shape index (κ2) is 1.22. The van der Waals surface area contributed by atoms with Gasteiger partial charge in [0, 0.05) is 0 Å². The first-order chi connectivity index (χ1) is 3.33. The molecule has 0 aliphatic carbocycles. The van der Waals surface area contributed by atoms with E-state index in [2.05, 4.69) is 5.92 Å². The standard InChI is InChI=1S/C5H6O2/c1-2-5(3-6)4-7-5/h1,6H,3-4H2/t5-/m0/s1. The minimum absolute atomic E-state index is 0.0521. The van der Waals surface area contributed by atoms with Gasteiger partial charge in [-0.25, -0.2) is 0 Å². The summed E-state index contributed by atoms with van der Waals surface area (Å²) in [6.45, 7) is 0.462. The van der Waals surface area contributed by atoms with Crippen molar-refractivity contribution < 1.29 is 9.84 Å². The molecule has 1 saturated heterocycles. The van der Waals surface area contributed by atoms with Crippen molar-refractivity contribution in [2.45, 2.75) is 5.60 Å². The lowest BCUT2D eigenvalue weighted by Gasteiger charge is -1.91. The molecule has 7 heavy (non-hydrogen) atoms. The van der Waals surface area contributed by atoms with Crippen LogP contribution in [0.15, 0.2) is 0 Å². The van der Waals surface area contributed by atoms with Gasteiger partial charge in [0.1, 0.15) is 0 Å². The summed E-state index contributed by atoms with van der Waals surface area (Å²) in [5.74, 6) is 2.33. The van der Waals surface area contributed by atoms with Crippen molar-refractivity contribution in [1.29, 1.82) is 0 Å². The summed E-state index contributed by atoms with van der Waals surface area (Å²) < 4.78 is 4.71. The molecule has 1 heterocycles. The molecule has 1 fully saturated rings. The average molecular weight is 98.1 g/mol. The zero-order valence-corrected chi connectivity index (χ0v) is 3.85. The average Bonchev–Trinajstić information content (AvgIpc) is 2.46. The predicted octanol–water partition coefficient (Wildman–Crippen LogP) is -0.619. The molecular formula is C5H6O2. The number of aliphatic hydroxyl groups excluding tert-OH is 1. The van der Waals surface area contributed by atoms with E-state index < -0.39 is 5.60 Å². The van der Waals surface area contributed by atoms with Crippen LogP contribution in [0.4, 0.5) is 0 Å². The van der Waals surface area contributed by atoms with Crippen LogP contribution >= 0.6 is 0 Å². The van der Waals surface area contributed by atoms with Gasteiger partial charge in [-0.3, -0.25) is 0 Å². The fraction of sp³-hybridized carbons (Fsp3) is 0.600. The molecule has 1 atom stereocenters. The van der Waals surface area contributed by atoms with Crippen LogP contribution in [0, 0.1) is 12.3 Å². The fourth-order valence-electron chi connectivity index (χ4n) is 0.307. The number of rotatable bonds is 1. The van der Waals surface area contributed by atoms with Crippen molar-refractivity contribution in [2.24, 2.45) is 0 Å². The number of ether oxygens (including phenoxy) is 1. The minimum Gasteiger partial charge on any atom is -0.392 e. The zero-order valence-electron chi connectivity index (χ0n) is 3.85. The summed E-state index contributed by atoms with van der Waals surface area (Å²) in [5, 5.41) is 8.39. The Balaban J connectivity index is 2.47. The van der Waals surface area contributed by atoms with Gasteiger partial charge in [-0.2, -0.15) is 0 Å². The summed E-state index contributed by atoms with van der Waals surface area (Å²) in [6, 6.07) is 0. The van der Waals surface area contributed by atoms with Crippen LogP contribution in [0.25, 0.3) is 0 Å². The highest BCUT2D eigenvalue weighted by atomic mass is 16.6. The monoisotopic (exact) mass is 98.0 g/mol. The summed E-state index contributed by atoms with van der Waals surface area (Å²) in [4.78, 5) is 0. The molecule has 0 aromatic heterocycles. The van der Waals surface area contributed by atoms with E-state index in [1.807, 2.05) is 0 Å². The third-order valence-corrected chi connectivity index (χ3v) is 1.01. The summed E-state index contributed by atoms with van der Waals surface area (Å²) in [6.07, 6.45) is 4.94. The van der Waals surface area contributed by atoms with Crippen LogP contribution < -0.4 is 0 Å². The molecule has 0 radical (unpaired) electrons. The third kappa shape index (κ3) is 0.604. The Labute approximate surface area is 42.1 Å². The van der Waals surface area contributed by atoms with Crippen molar-refractivity contribution >= 4 is 0 Å². The first-order valence-corrected chi connectivity index (χ1v) is 2.05. The SMILES string of the molecule is C#C[C@]1(CO)CO1. The van der Waals surface area contributed by atoms with Crippen molar-refractivity contribution in [1.82, 2.24) is 0 Å². The maximum atomic E-state index is 8.39. The van der Waals surface area contributed by atoms with Crippen molar-refractivity contribution in [3.8, 4) is 12.3 Å². The smallest absolute Gasteiger partial charge is 0.174 e. The third-order valence-electron chi connectivity index (χ3n) is 1.01. The number of terminal acetylenes is 1. The molecule has 0 unspecified atom stereocenters. The molecule has 0 spiro atoms. The van der Waals surface area contributed by atoms with Gasteiger partial charge < -0.3 is 9.84 Å². The van der Waals surface area contributed by atoms with E-state index in [4.69, 9.17) is 16.3 Å². The van der Waals surface area contributed by atoms with Gasteiger partial charge in [0.15, 0.2) is 5.60 Å². The Bertz CT molecular complexity index is 108. The largest absolute Gasteiger partial charge is 0.392 e. The van der Waals surface area contributed by atoms with Crippen LogP contribution in [0.1, 0.15) is 0 Å². The quantitative estimate of drug-likeness (QED) is 0.350. The molecule has 2 nitrogen and oxygen atoms in total. The van der Waals surface area contributed by atoms with Crippen LogP contribution in [-0.4, -0.2) is 23.9 Å². The van der Waals surface area contributed by atoms with Gasteiger partial charge in [0.2, 0.25) is 0 Å². The lowest BCUT2D eigenvalue weighted by Crippen LogP contribution is -2.12. The Hall–Kier alpha value is -0.520. The number of epoxide rings is 1. The summed E-state index contributed by atoms with van der Waals surface area (Å²) >= 11 is 0. The maximum absolute atomic E-state index is 8.39. The highest BCUT2D eigenvalue weighted by molar-refractivity contribution is 5.16. The van der Waals surface area contributed by atoms with Crippen LogP contribution in [0.5, 0.6) is 0 Å². The second-order valence-electron chi connectivity index (χ2n) is 1.59. The molecule has 0 aromatic rings. The molecule has 38 valence electrons. The van der Waals surface area contributed by atoms with E-state index in [1.165, 1.54) is 0 Å². The molecule has 1 rings (SSSR count). The second-order valence-corrected chi connectivity index (χ2v) is 1.59. The minimum atomic E-state index is -0.583. The summed E-state index contributed by atoms with van der Waals surface area (Å²) in [7, 11) is 0. The Morgan fingerprint density at radius 1 is 2.00 bits per heavy atom. The van der Waals surface area contributed by atoms with Crippen molar-refractivity contribution in [3.63, 3.8) is 0 Å². The van der Waals surface area contributed by atoms with E-state index in [0.717, 1.165) is 0 Å². The van der Waals surface area contributed by atoms with Crippen LogP contribution in [0.2, 0.25) is 0 Å². The van der Waals surface area contributed by atoms with Gasteiger partial charge in [-0.05, 0) is 0 Å². The lowest BCUT2D eigenvalue weighted by atomic mass is 10.2. The zero-order chi connectivity index (χ0) is 5.33. The van der Waals surface area contributed by atoms with Gasteiger partial charge in [0.25, 0.3) is 0 Å². The van der Waals surface area contributed by atoms with Gasteiger partial charge in [0.05, 0.1) is 13.2 Å². The van der Waals surface area contributed by atoms with E-state index in [9.17, 15) is 0 Å². The molecule has 2 heteroatoms. The Morgan fingerprint density at radius 3 is 2.57 bits per heavy atom. The topological polar surface area (TPSA) is 32.8 Å². The van der Waals surface area contributed by atoms with Gasteiger partial charge in [-0.1, -0.05) is 5.92 Å². The number of aliphatic hydroxyl groups is 1. The highest BCUT2D eigenvalue weighted by Gasteiger charge is 2.42. The van der Waals surface area contributed by atoms with Gasteiger partial charge in [-0.15, -0.1) is 6.42 Å². The van der Waals surface area contributed by atoms with E-state index in [1.54, 1.807) is 0 Å². The molecule has 1 N–H and O–H groups in total. The molecule has 0 amide bonds. The van der Waals surface area contributed by atoms with E-state index in [0.29, 0.717) is 6.61 Å². The molecular weight excluding hydrogens is 92.1 g/mol. The number of hydrogen-bond donors (Lipinski definition) is 1. The van der Waals surface area contributed by atoms with E-state index >= 15 is 0 Å². The van der Waals surface area contributed by atoms with Crippen LogP contribution in [-0.2, 0) is 4.74 Å². The van der Waals surface area contributed by atoms with Crippen molar-refractivity contribution in [2.75, 3.05) is 13.2 Å². The maximum Gasteiger partial charge on any atom is 0.174 e. The summed E-state index contributed by atoms with van der Waals surface area (Å²) in [5.41, 5.74) is -0.583. The Morgan fingerprint density at radius 2 is 2.57 bits per heavy atom. The normalized spacial score (nSPS) is 37.1. The molecule has 1 aliphatic heterocycles. The van der Waals surface area contributed by atoms with E-state index in [-0.39, 0.29) is 6.61 Å². The Kier molecular flexibility index (Phi) is 0.810. The fourth-order valence-corrected chi connectivity index (χ4v) is 0.307. The molecule has 1 aliphatic rings. The molecule has 0 saturated carbocycles. The first kappa shape index (κ1) is 4.63. The number of hydrogen-bond acceptors (Lipinski definition) is 2. The molecule has 0 aromatic carbocycles. The van der Waals surface area contributed by atoms with Gasteiger partial charge >= 0.3 is 0 Å². The first-order valence-electron chi connectivity index (χ1n) is 2.05.